The molecule has 1 aromatic rings. The van der Waals surface area contributed by atoms with Gasteiger partial charge in [-0.15, -0.1) is 0 Å². The van der Waals surface area contributed by atoms with E-state index in [1.165, 1.54) is 0 Å². The van der Waals surface area contributed by atoms with Crippen molar-refractivity contribution in [3.8, 4) is 0 Å². The molecule has 0 radical (unpaired) electrons. The third kappa shape index (κ3) is 3.70. The zero-order valence-electron chi connectivity index (χ0n) is 12.5. The number of hydrogen-bond donors (Lipinski definition) is 1. The Labute approximate surface area is 114 Å². The lowest BCUT2D eigenvalue weighted by Gasteiger charge is -2.24. The molecular formula is C13H24N4O2. The molecule has 1 heterocycles. The van der Waals surface area contributed by atoms with Crippen molar-refractivity contribution in [1.82, 2.24) is 14.7 Å². The van der Waals surface area contributed by atoms with E-state index in [0.717, 1.165) is 26.1 Å². The van der Waals surface area contributed by atoms with Crippen molar-refractivity contribution in [2.24, 2.45) is 7.05 Å². The highest BCUT2D eigenvalue weighted by atomic mass is 16.4. The number of hydrogen-bond acceptors (Lipinski definition) is 4. The predicted octanol–water partition coefficient (Wildman–Crippen LogP) is 1.20. The monoisotopic (exact) mass is 268 g/mol. The quantitative estimate of drug-likeness (QED) is 0.805. The second kappa shape index (κ2) is 6.56. The largest absolute Gasteiger partial charge is 0.477 e. The van der Waals surface area contributed by atoms with Gasteiger partial charge in [-0.05, 0) is 40.9 Å². The highest BCUT2D eigenvalue weighted by Crippen LogP contribution is 2.23. The molecule has 1 N–H and O–H groups in total. The molecule has 1 aromatic heterocycles. The van der Waals surface area contributed by atoms with Crippen LogP contribution in [-0.4, -0.2) is 59.5 Å². The van der Waals surface area contributed by atoms with Gasteiger partial charge in [0, 0.05) is 20.1 Å². The van der Waals surface area contributed by atoms with Gasteiger partial charge in [-0.3, -0.25) is 4.68 Å². The zero-order valence-corrected chi connectivity index (χ0v) is 12.5. The first-order chi connectivity index (χ1) is 8.88. The number of anilines is 1. The topological polar surface area (TPSA) is 61.6 Å². The third-order valence-corrected chi connectivity index (χ3v) is 3.12. The van der Waals surface area contributed by atoms with E-state index in [9.17, 15) is 9.90 Å². The molecule has 0 aliphatic heterocycles. The Kier molecular flexibility index (Phi) is 5.35. The highest BCUT2D eigenvalue weighted by Gasteiger charge is 2.23. The van der Waals surface area contributed by atoms with Crippen LogP contribution in [0.15, 0.2) is 0 Å². The minimum Gasteiger partial charge on any atom is -0.477 e. The number of rotatable bonds is 7. The Balaban J connectivity index is 2.94. The SMILES string of the molecule is CCN(CCCN(C)C)c1c(C(=O)O)c(C)nn1C. The number of aromatic carboxylic acids is 1. The lowest BCUT2D eigenvalue weighted by molar-refractivity contribution is 0.0696. The summed E-state index contributed by atoms with van der Waals surface area (Å²) in [4.78, 5) is 15.6. The molecule has 0 atom stereocenters. The van der Waals surface area contributed by atoms with Crippen LogP contribution in [-0.2, 0) is 7.05 Å². The zero-order chi connectivity index (χ0) is 14.6. The molecule has 0 unspecified atom stereocenters. The van der Waals surface area contributed by atoms with Gasteiger partial charge < -0.3 is 14.9 Å². The van der Waals surface area contributed by atoms with E-state index in [1.807, 2.05) is 21.0 Å². The van der Waals surface area contributed by atoms with E-state index in [1.54, 1.807) is 18.7 Å². The smallest absolute Gasteiger partial charge is 0.341 e. The van der Waals surface area contributed by atoms with E-state index >= 15 is 0 Å². The molecule has 0 aromatic carbocycles. The highest BCUT2D eigenvalue weighted by molar-refractivity contribution is 5.94. The summed E-state index contributed by atoms with van der Waals surface area (Å²) < 4.78 is 1.66. The first-order valence-electron chi connectivity index (χ1n) is 6.55. The molecule has 0 saturated carbocycles. The van der Waals surface area contributed by atoms with E-state index < -0.39 is 5.97 Å². The van der Waals surface area contributed by atoms with Crippen LogP contribution < -0.4 is 4.90 Å². The van der Waals surface area contributed by atoms with Crippen molar-refractivity contribution in [2.75, 3.05) is 38.6 Å². The van der Waals surface area contributed by atoms with Crippen LogP contribution in [0.2, 0.25) is 0 Å². The fourth-order valence-electron chi connectivity index (χ4n) is 2.25. The van der Waals surface area contributed by atoms with Gasteiger partial charge in [0.1, 0.15) is 11.4 Å². The molecule has 6 nitrogen and oxygen atoms in total. The second-order valence-corrected chi connectivity index (χ2v) is 4.95. The summed E-state index contributed by atoms with van der Waals surface area (Å²) in [6.07, 6.45) is 0.990. The third-order valence-electron chi connectivity index (χ3n) is 3.12. The summed E-state index contributed by atoms with van der Waals surface area (Å²) in [5.74, 6) is -0.210. The first kappa shape index (κ1) is 15.5. The average molecular weight is 268 g/mol. The van der Waals surface area contributed by atoms with E-state index in [4.69, 9.17) is 0 Å². The summed E-state index contributed by atoms with van der Waals surface area (Å²) >= 11 is 0. The van der Waals surface area contributed by atoms with Crippen molar-refractivity contribution in [3.63, 3.8) is 0 Å². The van der Waals surface area contributed by atoms with Crippen LogP contribution in [0.1, 0.15) is 29.4 Å². The predicted molar refractivity (Wildman–Crippen MR) is 76.0 cm³/mol. The Bertz CT molecular complexity index is 440. The van der Waals surface area contributed by atoms with Gasteiger partial charge in [-0.25, -0.2) is 4.79 Å². The number of aryl methyl sites for hydroxylation is 2. The van der Waals surface area contributed by atoms with Crippen molar-refractivity contribution >= 4 is 11.8 Å². The van der Waals surface area contributed by atoms with Crippen LogP contribution in [0, 0.1) is 6.92 Å². The van der Waals surface area contributed by atoms with Crippen LogP contribution in [0.5, 0.6) is 0 Å². The van der Waals surface area contributed by atoms with Crippen LogP contribution in [0.3, 0.4) is 0 Å². The number of nitrogens with zero attached hydrogens (tertiary/aromatic N) is 4. The van der Waals surface area contributed by atoms with Gasteiger partial charge in [-0.1, -0.05) is 0 Å². The Morgan fingerprint density at radius 2 is 2.00 bits per heavy atom. The Morgan fingerprint density at radius 1 is 1.37 bits per heavy atom. The maximum Gasteiger partial charge on any atom is 0.341 e. The first-order valence-corrected chi connectivity index (χ1v) is 6.55. The summed E-state index contributed by atoms with van der Waals surface area (Å²) in [7, 11) is 5.86. The maximum atomic E-state index is 11.4. The lowest BCUT2D eigenvalue weighted by Crippen LogP contribution is -2.30. The van der Waals surface area contributed by atoms with Crippen LogP contribution in [0.4, 0.5) is 5.82 Å². The van der Waals surface area contributed by atoms with Gasteiger partial charge in [0.15, 0.2) is 0 Å². The fraction of sp³-hybridized carbons (Fsp3) is 0.692. The average Bonchev–Trinajstić information content (AvgIpc) is 2.59. The van der Waals surface area contributed by atoms with Gasteiger partial charge in [0.05, 0.1) is 5.69 Å². The summed E-state index contributed by atoms with van der Waals surface area (Å²) in [5.41, 5.74) is 0.880. The van der Waals surface area contributed by atoms with Crippen molar-refractivity contribution in [2.45, 2.75) is 20.3 Å². The molecule has 19 heavy (non-hydrogen) atoms. The summed E-state index contributed by atoms with van der Waals surface area (Å²) in [6.45, 7) is 6.35. The molecule has 108 valence electrons. The van der Waals surface area contributed by atoms with Gasteiger partial charge in [0.2, 0.25) is 0 Å². The molecule has 0 aliphatic rings. The summed E-state index contributed by atoms with van der Waals surface area (Å²) in [6, 6.07) is 0. The normalized spacial score (nSPS) is 11.1. The Hall–Kier alpha value is -1.56. The number of aromatic nitrogens is 2. The van der Waals surface area contributed by atoms with E-state index in [0.29, 0.717) is 17.1 Å². The molecule has 1 rings (SSSR count). The second-order valence-electron chi connectivity index (χ2n) is 4.95. The van der Waals surface area contributed by atoms with E-state index in [2.05, 4.69) is 14.9 Å². The molecule has 6 heteroatoms. The maximum absolute atomic E-state index is 11.4. The van der Waals surface area contributed by atoms with Crippen molar-refractivity contribution in [1.29, 1.82) is 0 Å². The van der Waals surface area contributed by atoms with Crippen molar-refractivity contribution in [3.05, 3.63) is 11.3 Å². The molecule has 0 saturated heterocycles. The molecular weight excluding hydrogens is 244 g/mol. The molecule has 0 amide bonds. The van der Waals surface area contributed by atoms with Crippen LogP contribution >= 0.6 is 0 Å². The number of carbonyl (C=O) groups is 1. The van der Waals surface area contributed by atoms with E-state index in [-0.39, 0.29) is 0 Å². The molecule has 0 aliphatic carbocycles. The van der Waals surface area contributed by atoms with Crippen molar-refractivity contribution < 1.29 is 9.90 Å². The fourth-order valence-corrected chi connectivity index (χ4v) is 2.25. The van der Waals surface area contributed by atoms with Gasteiger partial charge in [0.25, 0.3) is 0 Å². The minimum absolute atomic E-state index is 0.314. The lowest BCUT2D eigenvalue weighted by atomic mass is 10.2. The molecule has 0 bridgehead atoms. The molecule has 0 spiro atoms. The molecule has 0 fully saturated rings. The van der Waals surface area contributed by atoms with Gasteiger partial charge >= 0.3 is 5.97 Å². The number of carboxylic acids is 1. The standard InChI is InChI=1S/C13H24N4O2/c1-6-17(9-7-8-15(3)4)12-11(13(18)19)10(2)14-16(12)5/h6-9H2,1-5H3,(H,18,19). The summed E-state index contributed by atoms with van der Waals surface area (Å²) in [5, 5.41) is 13.6. The minimum atomic E-state index is -0.911. The number of carboxylic acid groups (broad SMARTS) is 1. The van der Waals surface area contributed by atoms with Crippen LogP contribution in [0.25, 0.3) is 0 Å². The van der Waals surface area contributed by atoms with Gasteiger partial charge in [-0.2, -0.15) is 5.10 Å². The Morgan fingerprint density at radius 3 is 2.47 bits per heavy atom.